The van der Waals surface area contributed by atoms with Crippen LogP contribution in [0.1, 0.15) is 33.3 Å². The molecule has 1 aromatic carbocycles. The third kappa shape index (κ3) is 2.34. The number of rotatable bonds is 3. The lowest BCUT2D eigenvalue weighted by Gasteiger charge is -2.01. The molecule has 0 aliphatic rings. The molecule has 0 aliphatic carbocycles. The minimum Gasteiger partial charge on any atom is -0.294 e. The van der Waals surface area contributed by atoms with Crippen molar-refractivity contribution in [1.82, 2.24) is 9.61 Å². The maximum absolute atomic E-state index is 12.6. The third-order valence-electron chi connectivity index (χ3n) is 3.25. The van der Waals surface area contributed by atoms with Gasteiger partial charge in [-0.15, -0.1) is 0 Å². The van der Waals surface area contributed by atoms with E-state index in [-0.39, 0.29) is 11.6 Å². The van der Waals surface area contributed by atoms with Crippen LogP contribution in [0.4, 0.5) is 0 Å². The van der Waals surface area contributed by atoms with Crippen LogP contribution in [-0.2, 0) is 0 Å². The fourth-order valence-electron chi connectivity index (χ4n) is 2.23. The van der Waals surface area contributed by atoms with E-state index in [1.54, 1.807) is 48.7 Å². The first kappa shape index (κ1) is 13.5. The summed E-state index contributed by atoms with van der Waals surface area (Å²) in [4.78, 5) is 24.3. The predicted molar refractivity (Wildman–Crippen MR) is 80.1 cm³/mol. The molecule has 0 saturated carbocycles. The second kappa shape index (κ2) is 5.14. The first-order valence-corrected chi connectivity index (χ1v) is 6.73. The van der Waals surface area contributed by atoms with Gasteiger partial charge in [-0.2, -0.15) is 5.10 Å². The number of carbonyl (C=O) groups is 2. The highest BCUT2D eigenvalue weighted by atomic mass is 35.5. The molecule has 0 atom stereocenters. The van der Waals surface area contributed by atoms with Crippen LogP contribution in [0.5, 0.6) is 0 Å². The highest BCUT2D eigenvalue weighted by Gasteiger charge is 2.19. The van der Waals surface area contributed by atoms with E-state index in [0.29, 0.717) is 27.4 Å². The molecular weight excluding hydrogens is 288 g/mol. The summed E-state index contributed by atoms with van der Waals surface area (Å²) < 4.78 is 1.49. The summed E-state index contributed by atoms with van der Waals surface area (Å²) >= 11 is 5.83. The average molecular weight is 299 g/mol. The van der Waals surface area contributed by atoms with Crippen LogP contribution in [0.15, 0.2) is 48.7 Å². The summed E-state index contributed by atoms with van der Waals surface area (Å²) in [5.41, 5.74) is 1.97. The Balaban J connectivity index is 2.18. The van der Waals surface area contributed by atoms with Crippen LogP contribution in [0.2, 0.25) is 5.02 Å². The largest absolute Gasteiger partial charge is 0.294 e. The van der Waals surface area contributed by atoms with Gasteiger partial charge in [0.05, 0.1) is 5.52 Å². The Morgan fingerprint density at radius 1 is 1.14 bits per heavy atom. The minimum absolute atomic E-state index is 0.101. The van der Waals surface area contributed by atoms with Gasteiger partial charge in [-0.05, 0) is 49.4 Å². The zero-order valence-electron chi connectivity index (χ0n) is 11.2. The van der Waals surface area contributed by atoms with Gasteiger partial charge in [0.15, 0.2) is 5.78 Å². The van der Waals surface area contributed by atoms with Crippen molar-refractivity contribution in [2.45, 2.75) is 6.92 Å². The van der Waals surface area contributed by atoms with Crippen molar-refractivity contribution in [2.24, 2.45) is 0 Å². The lowest BCUT2D eigenvalue weighted by molar-refractivity contribution is 0.101. The van der Waals surface area contributed by atoms with Crippen molar-refractivity contribution in [3.63, 3.8) is 0 Å². The van der Waals surface area contributed by atoms with Gasteiger partial charge in [0.25, 0.3) is 0 Å². The van der Waals surface area contributed by atoms with Gasteiger partial charge in [-0.3, -0.25) is 9.59 Å². The summed E-state index contributed by atoms with van der Waals surface area (Å²) in [7, 11) is 0. The number of fused-ring (bicyclic) bond motifs is 1. The summed E-state index contributed by atoms with van der Waals surface area (Å²) in [6.07, 6.45) is 1.58. The van der Waals surface area contributed by atoms with E-state index in [4.69, 9.17) is 11.6 Å². The van der Waals surface area contributed by atoms with Crippen molar-refractivity contribution >= 4 is 28.7 Å². The van der Waals surface area contributed by atoms with Crippen LogP contribution >= 0.6 is 11.6 Å². The van der Waals surface area contributed by atoms with Crippen LogP contribution in [-0.4, -0.2) is 21.2 Å². The first-order valence-electron chi connectivity index (χ1n) is 6.36. The van der Waals surface area contributed by atoms with Gasteiger partial charge in [-0.1, -0.05) is 11.6 Å². The summed E-state index contributed by atoms with van der Waals surface area (Å²) in [5, 5.41) is 4.73. The molecule has 4 nitrogen and oxygen atoms in total. The topological polar surface area (TPSA) is 51.4 Å². The molecule has 2 heterocycles. The number of Topliss-reactive ketones (excluding diaryl/α,β-unsaturated/α-hetero) is 1. The normalized spacial score (nSPS) is 10.8. The molecule has 0 amide bonds. The number of hydrogen-bond acceptors (Lipinski definition) is 3. The molecule has 5 heteroatoms. The van der Waals surface area contributed by atoms with Gasteiger partial charge in [0.1, 0.15) is 5.69 Å². The van der Waals surface area contributed by atoms with Crippen molar-refractivity contribution < 1.29 is 9.59 Å². The molecule has 0 bridgehead atoms. The van der Waals surface area contributed by atoms with E-state index in [1.165, 1.54) is 11.4 Å². The molecule has 0 N–H and O–H groups in total. The Morgan fingerprint density at radius 2 is 1.86 bits per heavy atom. The fraction of sp³-hybridized carbons (Fsp3) is 0.0625. The highest BCUT2D eigenvalue weighted by molar-refractivity contribution is 6.30. The lowest BCUT2D eigenvalue weighted by atomic mass is 10.1. The van der Waals surface area contributed by atoms with E-state index < -0.39 is 0 Å². The molecule has 2 aromatic heterocycles. The zero-order valence-corrected chi connectivity index (χ0v) is 12.0. The smallest absolute Gasteiger partial charge is 0.211 e. The second-order valence-corrected chi connectivity index (χ2v) is 5.09. The maximum atomic E-state index is 12.6. The van der Waals surface area contributed by atoms with E-state index in [0.717, 1.165) is 0 Å². The molecule has 0 radical (unpaired) electrons. The second-order valence-electron chi connectivity index (χ2n) is 4.66. The van der Waals surface area contributed by atoms with Crippen LogP contribution in [0.25, 0.3) is 5.52 Å². The Labute approximate surface area is 126 Å². The Hall–Kier alpha value is -2.46. The third-order valence-corrected chi connectivity index (χ3v) is 3.51. The standard InChI is InChI=1S/C16H11ClN2O2/c1-10(20)13-9-15(19-14(13)3-2-8-18-19)16(21)11-4-6-12(17)7-5-11/h2-9H,1H3. The number of nitrogens with zero attached hydrogens (tertiary/aromatic N) is 2. The quantitative estimate of drug-likeness (QED) is 0.696. The van der Waals surface area contributed by atoms with E-state index in [9.17, 15) is 9.59 Å². The Kier molecular flexibility index (Phi) is 3.31. The molecule has 0 unspecified atom stereocenters. The molecule has 3 aromatic rings. The van der Waals surface area contributed by atoms with Crippen molar-refractivity contribution in [3.8, 4) is 0 Å². The fourth-order valence-corrected chi connectivity index (χ4v) is 2.36. The number of aromatic nitrogens is 2. The molecule has 21 heavy (non-hydrogen) atoms. The van der Waals surface area contributed by atoms with Crippen LogP contribution in [0.3, 0.4) is 0 Å². The number of benzene rings is 1. The summed E-state index contributed by atoms with van der Waals surface area (Å²) in [6.45, 7) is 1.47. The number of halogens is 1. The van der Waals surface area contributed by atoms with Crippen molar-refractivity contribution in [2.75, 3.05) is 0 Å². The molecular formula is C16H11ClN2O2. The molecule has 104 valence electrons. The summed E-state index contributed by atoms with van der Waals surface area (Å²) in [6, 6.07) is 11.7. The van der Waals surface area contributed by atoms with Crippen molar-refractivity contribution in [3.05, 3.63) is 70.5 Å². The number of hydrogen-bond donors (Lipinski definition) is 0. The SMILES string of the molecule is CC(=O)c1cc(C(=O)c2ccc(Cl)cc2)n2ncccc12. The van der Waals surface area contributed by atoms with Gasteiger partial charge in [0.2, 0.25) is 5.78 Å². The summed E-state index contributed by atoms with van der Waals surface area (Å²) in [5.74, 6) is -0.302. The van der Waals surface area contributed by atoms with Gasteiger partial charge >= 0.3 is 0 Å². The van der Waals surface area contributed by atoms with Crippen LogP contribution < -0.4 is 0 Å². The Bertz CT molecular complexity index is 850. The first-order chi connectivity index (χ1) is 10.1. The van der Waals surface area contributed by atoms with E-state index in [2.05, 4.69) is 5.10 Å². The van der Waals surface area contributed by atoms with Gasteiger partial charge in [-0.25, -0.2) is 4.52 Å². The molecule has 0 spiro atoms. The average Bonchev–Trinajstić information content (AvgIpc) is 2.87. The monoisotopic (exact) mass is 298 g/mol. The predicted octanol–water partition coefficient (Wildman–Crippen LogP) is 3.42. The molecule has 3 rings (SSSR count). The minimum atomic E-state index is -0.201. The maximum Gasteiger partial charge on any atom is 0.211 e. The van der Waals surface area contributed by atoms with E-state index >= 15 is 0 Å². The van der Waals surface area contributed by atoms with Crippen LogP contribution in [0, 0.1) is 0 Å². The Morgan fingerprint density at radius 3 is 2.52 bits per heavy atom. The van der Waals surface area contributed by atoms with E-state index in [1.807, 2.05) is 0 Å². The van der Waals surface area contributed by atoms with Crippen molar-refractivity contribution in [1.29, 1.82) is 0 Å². The number of ketones is 2. The molecule has 0 saturated heterocycles. The lowest BCUT2D eigenvalue weighted by Crippen LogP contribution is -2.06. The molecule has 0 aliphatic heterocycles. The zero-order chi connectivity index (χ0) is 15.0. The van der Waals surface area contributed by atoms with Gasteiger partial charge in [0, 0.05) is 22.3 Å². The van der Waals surface area contributed by atoms with Gasteiger partial charge < -0.3 is 0 Å². The highest BCUT2D eigenvalue weighted by Crippen LogP contribution is 2.20. The molecule has 0 fully saturated rings. The number of carbonyl (C=O) groups excluding carboxylic acids is 2.